The van der Waals surface area contributed by atoms with Gasteiger partial charge in [-0.15, -0.1) is 0 Å². The lowest BCUT2D eigenvalue weighted by Crippen LogP contribution is -2.03. The van der Waals surface area contributed by atoms with Crippen molar-refractivity contribution in [3.63, 3.8) is 0 Å². The van der Waals surface area contributed by atoms with Gasteiger partial charge in [0.2, 0.25) is 5.95 Å². The summed E-state index contributed by atoms with van der Waals surface area (Å²) < 4.78 is 3.84. The van der Waals surface area contributed by atoms with Gasteiger partial charge in [0.15, 0.2) is 0 Å². The van der Waals surface area contributed by atoms with Crippen molar-refractivity contribution in [1.29, 1.82) is 0 Å². The molecule has 74 valence electrons. The molecule has 0 atom stereocenters. The zero-order valence-electron chi connectivity index (χ0n) is 8.31. The second-order valence-electron chi connectivity index (χ2n) is 3.15. The zero-order chi connectivity index (χ0) is 9.97. The third kappa shape index (κ3) is 1.61. The fourth-order valence-corrected chi connectivity index (χ4v) is 1.42. The van der Waals surface area contributed by atoms with Gasteiger partial charge in [-0.1, -0.05) is 0 Å². The number of hydrogen-bond acceptors (Lipinski definition) is 3. The Bertz CT molecular complexity index is 414. The second-order valence-corrected chi connectivity index (χ2v) is 3.15. The molecule has 0 aromatic carbocycles. The average Bonchev–Trinajstić information content (AvgIpc) is 2.76. The SMILES string of the molecule is CNc1nccn1Cc1cnn(C)c1. The fourth-order valence-electron chi connectivity index (χ4n) is 1.42. The number of aromatic nitrogens is 4. The lowest BCUT2D eigenvalue weighted by molar-refractivity contribution is 0.763. The highest BCUT2D eigenvalue weighted by Gasteiger charge is 2.02. The van der Waals surface area contributed by atoms with Crippen molar-refractivity contribution in [2.24, 2.45) is 7.05 Å². The minimum absolute atomic E-state index is 0.796. The van der Waals surface area contributed by atoms with Crippen molar-refractivity contribution >= 4 is 5.95 Å². The molecule has 0 unspecified atom stereocenters. The van der Waals surface area contributed by atoms with E-state index in [1.54, 1.807) is 10.9 Å². The Morgan fingerprint density at radius 2 is 2.36 bits per heavy atom. The largest absolute Gasteiger partial charge is 0.359 e. The summed E-state index contributed by atoms with van der Waals surface area (Å²) in [6.07, 6.45) is 7.58. The van der Waals surface area contributed by atoms with E-state index in [0.717, 1.165) is 12.5 Å². The van der Waals surface area contributed by atoms with Crippen LogP contribution in [0.2, 0.25) is 0 Å². The number of hydrogen-bond donors (Lipinski definition) is 1. The molecule has 0 saturated heterocycles. The first kappa shape index (κ1) is 8.80. The zero-order valence-corrected chi connectivity index (χ0v) is 8.31. The summed E-state index contributed by atoms with van der Waals surface area (Å²) in [6.45, 7) is 0.796. The molecule has 2 heterocycles. The van der Waals surface area contributed by atoms with Gasteiger partial charge in [0.25, 0.3) is 0 Å². The van der Waals surface area contributed by atoms with Crippen LogP contribution in [0.1, 0.15) is 5.56 Å². The van der Waals surface area contributed by atoms with E-state index in [9.17, 15) is 0 Å². The molecule has 5 heteroatoms. The standard InChI is InChI=1S/C9H13N5/c1-10-9-11-3-4-14(9)7-8-5-12-13(2)6-8/h3-6H,7H2,1-2H3,(H,10,11). The first-order valence-electron chi connectivity index (χ1n) is 4.46. The van der Waals surface area contributed by atoms with E-state index in [0.29, 0.717) is 0 Å². The molecule has 0 saturated carbocycles. The van der Waals surface area contributed by atoms with Crippen LogP contribution in [0.5, 0.6) is 0 Å². The molecule has 2 aromatic heterocycles. The molecule has 0 amide bonds. The van der Waals surface area contributed by atoms with Crippen LogP contribution in [-0.2, 0) is 13.6 Å². The molecule has 0 aliphatic rings. The molecule has 0 fully saturated rings. The van der Waals surface area contributed by atoms with Gasteiger partial charge in [-0.3, -0.25) is 4.68 Å². The quantitative estimate of drug-likeness (QED) is 0.777. The van der Waals surface area contributed by atoms with Crippen molar-refractivity contribution in [2.45, 2.75) is 6.54 Å². The highest BCUT2D eigenvalue weighted by Crippen LogP contribution is 2.07. The monoisotopic (exact) mass is 191 g/mol. The summed E-state index contributed by atoms with van der Waals surface area (Å²) in [4.78, 5) is 4.16. The van der Waals surface area contributed by atoms with Crippen LogP contribution in [0.3, 0.4) is 0 Å². The number of nitrogens with zero attached hydrogens (tertiary/aromatic N) is 4. The molecular weight excluding hydrogens is 178 g/mol. The van der Waals surface area contributed by atoms with E-state index in [-0.39, 0.29) is 0 Å². The van der Waals surface area contributed by atoms with Crippen molar-refractivity contribution in [3.8, 4) is 0 Å². The molecule has 0 aliphatic carbocycles. The highest BCUT2D eigenvalue weighted by molar-refractivity contribution is 5.25. The molecule has 2 aromatic rings. The Morgan fingerprint density at radius 3 is 3.00 bits per heavy atom. The number of nitrogens with one attached hydrogen (secondary N) is 1. The summed E-state index contributed by atoms with van der Waals surface area (Å²) in [5, 5.41) is 7.14. The van der Waals surface area contributed by atoms with Gasteiger partial charge in [-0.05, 0) is 0 Å². The number of rotatable bonds is 3. The van der Waals surface area contributed by atoms with Gasteiger partial charge in [0.05, 0.1) is 12.7 Å². The lowest BCUT2D eigenvalue weighted by Gasteiger charge is -2.04. The molecule has 2 rings (SSSR count). The van der Waals surface area contributed by atoms with Crippen molar-refractivity contribution < 1.29 is 0 Å². The summed E-state index contributed by atoms with van der Waals surface area (Å²) in [7, 11) is 3.78. The molecule has 14 heavy (non-hydrogen) atoms. The van der Waals surface area contributed by atoms with Crippen LogP contribution in [-0.4, -0.2) is 26.4 Å². The number of aryl methyl sites for hydroxylation is 1. The third-order valence-corrected chi connectivity index (χ3v) is 2.05. The topological polar surface area (TPSA) is 47.7 Å². The second kappa shape index (κ2) is 3.53. The van der Waals surface area contributed by atoms with Crippen molar-refractivity contribution in [3.05, 3.63) is 30.4 Å². The maximum atomic E-state index is 4.16. The minimum atomic E-state index is 0.796. The molecular formula is C9H13N5. The van der Waals surface area contributed by atoms with Crippen LogP contribution >= 0.6 is 0 Å². The van der Waals surface area contributed by atoms with Crippen LogP contribution < -0.4 is 5.32 Å². The Labute approximate surface area is 82.4 Å². The predicted molar refractivity (Wildman–Crippen MR) is 54.1 cm³/mol. The Hall–Kier alpha value is -1.78. The average molecular weight is 191 g/mol. The van der Waals surface area contributed by atoms with Crippen LogP contribution in [0.15, 0.2) is 24.8 Å². The molecule has 5 nitrogen and oxygen atoms in total. The molecule has 0 spiro atoms. The van der Waals surface area contributed by atoms with Gasteiger partial charge in [-0.2, -0.15) is 5.10 Å². The van der Waals surface area contributed by atoms with E-state index < -0.39 is 0 Å². The highest BCUT2D eigenvalue weighted by atomic mass is 15.2. The normalized spacial score (nSPS) is 10.4. The van der Waals surface area contributed by atoms with Crippen molar-refractivity contribution in [2.75, 3.05) is 12.4 Å². The fraction of sp³-hybridized carbons (Fsp3) is 0.333. The lowest BCUT2D eigenvalue weighted by atomic mass is 10.3. The number of anilines is 1. The Kier molecular flexibility index (Phi) is 2.22. The summed E-state index contributed by atoms with van der Waals surface area (Å²) >= 11 is 0. The summed E-state index contributed by atoms with van der Waals surface area (Å²) in [5.41, 5.74) is 1.17. The van der Waals surface area contributed by atoms with Crippen LogP contribution in [0, 0.1) is 0 Å². The first-order chi connectivity index (χ1) is 6.79. The third-order valence-electron chi connectivity index (χ3n) is 2.05. The van der Waals surface area contributed by atoms with E-state index in [4.69, 9.17) is 0 Å². The molecule has 0 radical (unpaired) electrons. The summed E-state index contributed by atoms with van der Waals surface area (Å²) in [5.74, 6) is 0.869. The van der Waals surface area contributed by atoms with E-state index in [2.05, 4.69) is 15.4 Å². The van der Waals surface area contributed by atoms with Gasteiger partial charge in [0, 0.05) is 38.2 Å². The Morgan fingerprint density at radius 1 is 1.50 bits per heavy atom. The van der Waals surface area contributed by atoms with E-state index in [1.165, 1.54) is 5.56 Å². The van der Waals surface area contributed by atoms with E-state index in [1.807, 2.05) is 37.3 Å². The predicted octanol–water partition coefficient (Wildman–Crippen LogP) is 0.707. The van der Waals surface area contributed by atoms with Gasteiger partial charge in [-0.25, -0.2) is 4.98 Å². The Balaban J connectivity index is 2.18. The van der Waals surface area contributed by atoms with Gasteiger partial charge < -0.3 is 9.88 Å². The minimum Gasteiger partial charge on any atom is -0.359 e. The van der Waals surface area contributed by atoms with Gasteiger partial charge >= 0.3 is 0 Å². The van der Waals surface area contributed by atoms with Gasteiger partial charge in [0.1, 0.15) is 0 Å². The smallest absolute Gasteiger partial charge is 0.202 e. The van der Waals surface area contributed by atoms with Crippen molar-refractivity contribution in [1.82, 2.24) is 19.3 Å². The summed E-state index contributed by atoms with van der Waals surface area (Å²) in [6, 6.07) is 0. The van der Waals surface area contributed by atoms with Crippen LogP contribution in [0.4, 0.5) is 5.95 Å². The maximum Gasteiger partial charge on any atom is 0.202 e. The maximum absolute atomic E-state index is 4.16. The first-order valence-corrected chi connectivity index (χ1v) is 4.46. The molecule has 0 bridgehead atoms. The van der Waals surface area contributed by atoms with E-state index >= 15 is 0 Å². The molecule has 1 N–H and O–H groups in total. The number of imidazole rings is 1. The van der Waals surface area contributed by atoms with Crippen LogP contribution in [0.25, 0.3) is 0 Å². The molecule has 0 aliphatic heterocycles.